The third kappa shape index (κ3) is 3.57. The van der Waals surface area contributed by atoms with Crippen molar-refractivity contribution in [1.29, 1.82) is 0 Å². The van der Waals surface area contributed by atoms with Crippen molar-refractivity contribution in [2.45, 2.75) is 44.4 Å². The van der Waals surface area contributed by atoms with Crippen LogP contribution in [0, 0.1) is 12.8 Å². The molecule has 1 aromatic carbocycles. The summed E-state index contributed by atoms with van der Waals surface area (Å²) >= 11 is 0. The Morgan fingerprint density at radius 2 is 1.88 bits per heavy atom. The highest BCUT2D eigenvalue weighted by molar-refractivity contribution is 7.89. The van der Waals surface area contributed by atoms with Crippen LogP contribution in [0.25, 0.3) is 0 Å². The summed E-state index contributed by atoms with van der Waals surface area (Å²) in [4.78, 5) is 11.3. The molecule has 0 aromatic heterocycles. The third-order valence-electron chi connectivity index (χ3n) is 4.57. The monoisotopic (exact) mass is 355 g/mol. The lowest BCUT2D eigenvalue weighted by atomic mass is 9.99. The lowest BCUT2D eigenvalue weighted by Crippen LogP contribution is -2.40. The molecule has 1 aromatic rings. The number of aryl methyl sites for hydroxylation is 1. The summed E-state index contributed by atoms with van der Waals surface area (Å²) < 4.78 is 32.8. The van der Waals surface area contributed by atoms with Gasteiger partial charge in [-0.05, 0) is 48.9 Å². The van der Waals surface area contributed by atoms with E-state index in [2.05, 4.69) is 0 Å². The maximum atomic E-state index is 13.0. The molecule has 0 spiro atoms. The minimum Gasteiger partial charge on any atom is -0.496 e. The molecule has 1 aliphatic rings. The number of methoxy groups -OCH3 is 1. The number of piperidine rings is 1. The van der Waals surface area contributed by atoms with Gasteiger partial charge in [-0.2, -0.15) is 4.31 Å². The van der Waals surface area contributed by atoms with Crippen LogP contribution in [0.5, 0.6) is 5.75 Å². The first-order chi connectivity index (χ1) is 11.2. The highest BCUT2D eigenvalue weighted by Gasteiger charge is 2.33. The third-order valence-corrected chi connectivity index (χ3v) is 6.61. The zero-order chi connectivity index (χ0) is 18.1. The van der Waals surface area contributed by atoms with Crippen LogP contribution in [0.4, 0.5) is 0 Å². The van der Waals surface area contributed by atoms with Crippen molar-refractivity contribution in [3.63, 3.8) is 0 Å². The standard InChI is InChI=1S/C17H25NO5S/c1-11(2)14-10-16(12(3)9-15(14)23-4)24(21,22)18-7-5-13(6-8-18)17(19)20/h9-11,13H,5-8H2,1-4H3,(H,19,20). The van der Waals surface area contributed by atoms with Gasteiger partial charge in [0.05, 0.1) is 17.9 Å². The lowest BCUT2D eigenvalue weighted by molar-refractivity contribution is -0.142. The Labute approximate surface area is 143 Å². The molecule has 1 N–H and O–H groups in total. The van der Waals surface area contributed by atoms with Gasteiger partial charge >= 0.3 is 5.97 Å². The first-order valence-corrected chi connectivity index (χ1v) is 9.54. The number of hydrogen-bond acceptors (Lipinski definition) is 4. The number of benzene rings is 1. The number of aliphatic carboxylic acids is 1. The second-order valence-corrected chi connectivity index (χ2v) is 8.44. The first-order valence-electron chi connectivity index (χ1n) is 8.10. The topological polar surface area (TPSA) is 83.9 Å². The summed E-state index contributed by atoms with van der Waals surface area (Å²) in [5, 5.41) is 9.06. The summed E-state index contributed by atoms with van der Waals surface area (Å²) in [6.45, 7) is 6.21. The van der Waals surface area contributed by atoms with Crippen LogP contribution in [0.2, 0.25) is 0 Å². The molecule has 0 aliphatic carbocycles. The largest absolute Gasteiger partial charge is 0.496 e. The second kappa shape index (κ2) is 7.11. The van der Waals surface area contributed by atoms with Gasteiger partial charge < -0.3 is 9.84 Å². The van der Waals surface area contributed by atoms with Crippen molar-refractivity contribution in [1.82, 2.24) is 4.31 Å². The van der Waals surface area contributed by atoms with Crippen LogP contribution in [0.3, 0.4) is 0 Å². The van der Waals surface area contributed by atoms with Crippen molar-refractivity contribution in [2.24, 2.45) is 5.92 Å². The van der Waals surface area contributed by atoms with Gasteiger partial charge in [0.15, 0.2) is 0 Å². The Hall–Kier alpha value is -1.60. The summed E-state index contributed by atoms with van der Waals surface area (Å²) in [5.74, 6) is -0.493. The highest BCUT2D eigenvalue weighted by atomic mass is 32.2. The summed E-state index contributed by atoms with van der Waals surface area (Å²) in [6, 6.07) is 3.45. The van der Waals surface area contributed by atoms with Crippen LogP contribution >= 0.6 is 0 Å². The molecule has 2 rings (SSSR count). The highest BCUT2D eigenvalue weighted by Crippen LogP contribution is 2.33. The van der Waals surface area contributed by atoms with E-state index in [1.807, 2.05) is 13.8 Å². The van der Waals surface area contributed by atoms with E-state index in [-0.39, 0.29) is 23.9 Å². The van der Waals surface area contributed by atoms with Gasteiger partial charge in [0.1, 0.15) is 5.75 Å². The molecular weight excluding hydrogens is 330 g/mol. The van der Waals surface area contributed by atoms with Crippen molar-refractivity contribution in [2.75, 3.05) is 20.2 Å². The predicted octanol–water partition coefficient (Wildman–Crippen LogP) is 2.61. The average molecular weight is 355 g/mol. The van der Waals surface area contributed by atoms with Crippen LogP contribution in [-0.4, -0.2) is 44.0 Å². The van der Waals surface area contributed by atoms with Gasteiger partial charge in [-0.25, -0.2) is 8.42 Å². The maximum Gasteiger partial charge on any atom is 0.306 e. The maximum absolute atomic E-state index is 13.0. The van der Waals surface area contributed by atoms with Gasteiger partial charge in [0.2, 0.25) is 10.0 Å². The minimum absolute atomic E-state index is 0.132. The van der Waals surface area contributed by atoms with Gasteiger partial charge in [-0.15, -0.1) is 0 Å². The van der Waals surface area contributed by atoms with E-state index in [0.29, 0.717) is 24.2 Å². The molecule has 0 unspecified atom stereocenters. The van der Waals surface area contributed by atoms with E-state index in [9.17, 15) is 13.2 Å². The molecular formula is C17H25NO5S. The van der Waals surface area contributed by atoms with Crippen LogP contribution < -0.4 is 4.74 Å². The molecule has 7 heteroatoms. The van der Waals surface area contributed by atoms with E-state index >= 15 is 0 Å². The molecule has 0 amide bonds. The Balaban J connectivity index is 2.36. The Bertz CT molecular complexity index is 719. The predicted molar refractivity (Wildman–Crippen MR) is 90.9 cm³/mol. The van der Waals surface area contributed by atoms with Gasteiger partial charge in [-0.1, -0.05) is 13.8 Å². The molecule has 0 bridgehead atoms. The van der Waals surface area contributed by atoms with E-state index in [0.717, 1.165) is 5.56 Å². The summed E-state index contributed by atoms with van der Waals surface area (Å²) in [6.07, 6.45) is 0.696. The fourth-order valence-electron chi connectivity index (χ4n) is 3.07. The molecule has 0 saturated carbocycles. The molecule has 0 atom stereocenters. The van der Waals surface area contributed by atoms with E-state index in [1.165, 1.54) is 4.31 Å². The molecule has 1 saturated heterocycles. The minimum atomic E-state index is -3.64. The molecule has 1 aliphatic heterocycles. The number of carboxylic acids is 1. The van der Waals surface area contributed by atoms with E-state index in [1.54, 1.807) is 26.2 Å². The molecule has 1 fully saturated rings. The molecule has 6 nitrogen and oxygen atoms in total. The number of nitrogens with zero attached hydrogens (tertiary/aromatic N) is 1. The number of carbonyl (C=O) groups is 1. The molecule has 134 valence electrons. The molecule has 0 radical (unpaired) electrons. The van der Waals surface area contributed by atoms with Gasteiger partial charge in [-0.3, -0.25) is 4.79 Å². The fraction of sp³-hybridized carbons (Fsp3) is 0.588. The number of carboxylic acid groups (broad SMARTS) is 1. The van der Waals surface area contributed by atoms with Gasteiger partial charge in [0, 0.05) is 13.1 Å². The first kappa shape index (κ1) is 18.7. The van der Waals surface area contributed by atoms with Crippen LogP contribution in [-0.2, 0) is 14.8 Å². The SMILES string of the molecule is COc1cc(C)c(S(=O)(=O)N2CCC(C(=O)O)CC2)cc1C(C)C. The summed E-state index contributed by atoms with van der Waals surface area (Å²) in [5.41, 5.74) is 1.48. The van der Waals surface area contributed by atoms with Crippen molar-refractivity contribution < 1.29 is 23.1 Å². The zero-order valence-corrected chi connectivity index (χ0v) is 15.4. The number of rotatable bonds is 5. The molecule has 24 heavy (non-hydrogen) atoms. The normalized spacial score (nSPS) is 17.2. The average Bonchev–Trinajstić information content (AvgIpc) is 2.53. The Kier molecular flexibility index (Phi) is 5.55. The van der Waals surface area contributed by atoms with Crippen molar-refractivity contribution in [3.8, 4) is 5.75 Å². The van der Waals surface area contributed by atoms with Crippen molar-refractivity contribution >= 4 is 16.0 Å². The van der Waals surface area contributed by atoms with E-state index in [4.69, 9.17) is 9.84 Å². The lowest BCUT2D eigenvalue weighted by Gasteiger charge is -2.30. The fourth-order valence-corrected chi connectivity index (χ4v) is 4.78. The van der Waals surface area contributed by atoms with Crippen LogP contribution in [0.1, 0.15) is 43.7 Å². The number of hydrogen-bond donors (Lipinski definition) is 1. The van der Waals surface area contributed by atoms with Crippen molar-refractivity contribution in [3.05, 3.63) is 23.3 Å². The van der Waals surface area contributed by atoms with Crippen LogP contribution in [0.15, 0.2) is 17.0 Å². The second-order valence-electron chi connectivity index (χ2n) is 6.53. The quantitative estimate of drug-likeness (QED) is 0.878. The number of ether oxygens (including phenoxy) is 1. The molecule has 1 heterocycles. The zero-order valence-electron chi connectivity index (χ0n) is 14.6. The summed E-state index contributed by atoms with van der Waals surface area (Å²) in [7, 11) is -2.06. The van der Waals surface area contributed by atoms with E-state index < -0.39 is 21.9 Å². The Morgan fingerprint density at radius 3 is 2.33 bits per heavy atom. The number of sulfonamides is 1. The van der Waals surface area contributed by atoms with Gasteiger partial charge in [0.25, 0.3) is 0 Å². The Morgan fingerprint density at radius 1 is 1.29 bits per heavy atom. The smallest absolute Gasteiger partial charge is 0.306 e.